The molecule has 1 aromatic heterocycles. The van der Waals surface area contributed by atoms with Gasteiger partial charge in [-0.25, -0.2) is 17.9 Å². The van der Waals surface area contributed by atoms with Crippen molar-refractivity contribution in [3.63, 3.8) is 0 Å². The summed E-state index contributed by atoms with van der Waals surface area (Å²) < 4.78 is 24.5. The maximum atomic E-state index is 11.8. The zero-order valence-electron chi connectivity index (χ0n) is 13.2. The van der Waals surface area contributed by atoms with Crippen molar-refractivity contribution in [2.24, 2.45) is 5.92 Å². The molecule has 2 aromatic rings. The molecule has 3 rings (SSSR count). The summed E-state index contributed by atoms with van der Waals surface area (Å²) in [5, 5.41) is 9.67. The molecule has 0 saturated carbocycles. The Balaban J connectivity index is 1.43. The summed E-state index contributed by atoms with van der Waals surface area (Å²) in [4.78, 5) is 11.8. The van der Waals surface area contributed by atoms with Crippen molar-refractivity contribution in [1.82, 2.24) is 20.4 Å². The first-order valence-electron chi connectivity index (χ1n) is 7.83. The Hall–Kier alpha value is -2.35. The van der Waals surface area contributed by atoms with Gasteiger partial charge in [-0.15, -0.1) is 0 Å². The van der Waals surface area contributed by atoms with Gasteiger partial charge < -0.3 is 10.6 Å². The van der Waals surface area contributed by atoms with Crippen molar-refractivity contribution in [2.75, 3.05) is 18.1 Å². The highest BCUT2D eigenvalue weighted by Gasteiger charge is 2.27. The summed E-state index contributed by atoms with van der Waals surface area (Å²) in [6.07, 6.45) is 4.21. The summed E-state index contributed by atoms with van der Waals surface area (Å²) >= 11 is 0. The number of rotatable bonds is 5. The van der Waals surface area contributed by atoms with E-state index in [1.807, 2.05) is 36.5 Å². The lowest BCUT2D eigenvalue weighted by Crippen LogP contribution is -2.38. The molecule has 1 aliphatic rings. The minimum absolute atomic E-state index is 0.0223. The number of carbonyl (C=O) groups excluding carboxylic acids is 1. The molecule has 2 amide bonds. The summed E-state index contributed by atoms with van der Waals surface area (Å²) in [6.45, 7) is 0.803. The summed E-state index contributed by atoms with van der Waals surface area (Å²) in [7, 11) is -2.90. The average molecular weight is 348 g/mol. The van der Waals surface area contributed by atoms with E-state index in [-0.39, 0.29) is 23.5 Å². The van der Waals surface area contributed by atoms with Gasteiger partial charge in [0, 0.05) is 25.5 Å². The first kappa shape index (κ1) is 16.5. The molecule has 1 aliphatic heterocycles. The average Bonchev–Trinajstić information content (AvgIpc) is 3.21. The number of sulfone groups is 1. The van der Waals surface area contributed by atoms with Gasteiger partial charge in [0.2, 0.25) is 0 Å². The lowest BCUT2D eigenvalue weighted by Gasteiger charge is -2.11. The molecular formula is C16H20N4O3S. The zero-order chi connectivity index (χ0) is 17.0. The molecule has 0 radical (unpaired) electrons. The standard InChI is InChI=1S/C16H20N4O3S/c21-16(18-11-14-6-9-24(22,23)12-14)17-10-13-2-4-15(5-3-13)20-8-1-7-19-20/h1-5,7-8,14H,6,9-12H2,(H2,17,18,21). The highest BCUT2D eigenvalue weighted by atomic mass is 32.2. The van der Waals surface area contributed by atoms with Gasteiger partial charge in [0.1, 0.15) is 0 Å². The Morgan fingerprint density at radius 3 is 2.67 bits per heavy atom. The molecule has 2 N–H and O–H groups in total. The first-order valence-corrected chi connectivity index (χ1v) is 9.65. The van der Waals surface area contributed by atoms with Crippen LogP contribution >= 0.6 is 0 Å². The van der Waals surface area contributed by atoms with E-state index in [0.29, 0.717) is 19.5 Å². The van der Waals surface area contributed by atoms with E-state index in [4.69, 9.17) is 0 Å². The fourth-order valence-electron chi connectivity index (χ4n) is 2.70. The Morgan fingerprint density at radius 2 is 2.04 bits per heavy atom. The number of urea groups is 1. The second kappa shape index (κ2) is 7.04. The van der Waals surface area contributed by atoms with E-state index < -0.39 is 9.84 Å². The number of nitrogens with one attached hydrogen (secondary N) is 2. The lowest BCUT2D eigenvalue weighted by molar-refractivity contribution is 0.239. The number of hydrogen-bond donors (Lipinski definition) is 2. The van der Waals surface area contributed by atoms with Gasteiger partial charge in [-0.2, -0.15) is 5.10 Å². The van der Waals surface area contributed by atoms with E-state index >= 15 is 0 Å². The summed E-state index contributed by atoms with van der Waals surface area (Å²) in [6, 6.07) is 9.31. The molecule has 128 valence electrons. The molecule has 24 heavy (non-hydrogen) atoms. The molecular weight excluding hydrogens is 328 g/mol. The van der Waals surface area contributed by atoms with Gasteiger partial charge in [0.25, 0.3) is 0 Å². The third-order valence-corrected chi connectivity index (χ3v) is 5.87. The molecule has 1 saturated heterocycles. The Labute approximate surface area is 141 Å². The van der Waals surface area contributed by atoms with Gasteiger partial charge in [0.05, 0.1) is 17.2 Å². The number of carbonyl (C=O) groups is 1. The van der Waals surface area contributed by atoms with Crippen LogP contribution in [0.2, 0.25) is 0 Å². The molecule has 7 nitrogen and oxygen atoms in total. The summed E-state index contributed by atoms with van der Waals surface area (Å²) in [5.41, 5.74) is 1.93. The molecule has 8 heteroatoms. The van der Waals surface area contributed by atoms with Gasteiger partial charge in [-0.1, -0.05) is 12.1 Å². The number of aromatic nitrogens is 2. The minimum atomic E-state index is -2.90. The van der Waals surface area contributed by atoms with E-state index in [2.05, 4.69) is 15.7 Å². The number of hydrogen-bond acceptors (Lipinski definition) is 4. The van der Waals surface area contributed by atoms with E-state index in [1.54, 1.807) is 10.9 Å². The summed E-state index contributed by atoms with van der Waals surface area (Å²) in [5.74, 6) is 0.417. The Kier molecular flexibility index (Phi) is 4.84. The lowest BCUT2D eigenvalue weighted by atomic mass is 10.1. The van der Waals surface area contributed by atoms with Gasteiger partial charge in [-0.05, 0) is 36.1 Å². The molecule has 1 unspecified atom stereocenters. The van der Waals surface area contributed by atoms with Crippen LogP contribution < -0.4 is 10.6 Å². The van der Waals surface area contributed by atoms with Gasteiger partial charge >= 0.3 is 6.03 Å². The van der Waals surface area contributed by atoms with Crippen LogP contribution in [-0.2, 0) is 16.4 Å². The minimum Gasteiger partial charge on any atom is -0.338 e. The van der Waals surface area contributed by atoms with Crippen LogP contribution in [0.25, 0.3) is 5.69 Å². The molecule has 1 atom stereocenters. The second-order valence-corrected chi connectivity index (χ2v) is 8.18. The molecule has 0 spiro atoms. The molecule has 0 bridgehead atoms. The second-order valence-electron chi connectivity index (χ2n) is 5.95. The smallest absolute Gasteiger partial charge is 0.315 e. The van der Waals surface area contributed by atoms with Gasteiger partial charge in [0.15, 0.2) is 9.84 Å². The van der Waals surface area contributed by atoms with E-state index in [1.165, 1.54) is 0 Å². The van der Waals surface area contributed by atoms with Gasteiger partial charge in [-0.3, -0.25) is 0 Å². The topological polar surface area (TPSA) is 93.1 Å². The van der Waals surface area contributed by atoms with Crippen LogP contribution in [-0.4, -0.2) is 42.3 Å². The SMILES string of the molecule is O=C(NCc1ccc(-n2cccn2)cc1)NCC1CCS(=O)(=O)C1. The molecule has 2 heterocycles. The van der Waals surface area contributed by atoms with E-state index in [9.17, 15) is 13.2 Å². The van der Waals surface area contributed by atoms with Crippen LogP contribution in [0.4, 0.5) is 4.79 Å². The molecule has 1 aromatic carbocycles. The van der Waals surface area contributed by atoms with Crippen LogP contribution in [0.3, 0.4) is 0 Å². The third-order valence-electron chi connectivity index (χ3n) is 4.04. The maximum absolute atomic E-state index is 11.8. The number of benzene rings is 1. The predicted molar refractivity (Wildman–Crippen MR) is 90.6 cm³/mol. The van der Waals surface area contributed by atoms with Crippen molar-refractivity contribution in [3.8, 4) is 5.69 Å². The van der Waals surface area contributed by atoms with Crippen molar-refractivity contribution in [3.05, 3.63) is 48.3 Å². The maximum Gasteiger partial charge on any atom is 0.315 e. The predicted octanol–water partition coefficient (Wildman–Crippen LogP) is 1.11. The third kappa shape index (κ3) is 4.35. The fraction of sp³-hybridized carbons (Fsp3) is 0.375. The largest absolute Gasteiger partial charge is 0.338 e. The number of nitrogens with zero attached hydrogens (tertiary/aromatic N) is 2. The van der Waals surface area contributed by atoms with Crippen molar-refractivity contribution in [1.29, 1.82) is 0 Å². The van der Waals surface area contributed by atoms with Crippen LogP contribution in [0.5, 0.6) is 0 Å². The quantitative estimate of drug-likeness (QED) is 0.846. The van der Waals surface area contributed by atoms with Crippen molar-refractivity contribution < 1.29 is 13.2 Å². The van der Waals surface area contributed by atoms with Crippen LogP contribution in [0.15, 0.2) is 42.7 Å². The normalized spacial score (nSPS) is 19.1. The van der Waals surface area contributed by atoms with Crippen molar-refractivity contribution >= 4 is 15.9 Å². The first-order chi connectivity index (χ1) is 11.5. The highest BCUT2D eigenvalue weighted by Crippen LogP contribution is 2.17. The zero-order valence-corrected chi connectivity index (χ0v) is 14.0. The number of amides is 2. The monoisotopic (exact) mass is 348 g/mol. The van der Waals surface area contributed by atoms with Crippen LogP contribution in [0.1, 0.15) is 12.0 Å². The van der Waals surface area contributed by atoms with Crippen LogP contribution in [0, 0.1) is 5.92 Å². The molecule has 0 aliphatic carbocycles. The Morgan fingerprint density at radius 1 is 1.25 bits per heavy atom. The fourth-order valence-corrected chi connectivity index (χ4v) is 4.56. The Bertz CT molecular complexity index is 785. The molecule has 1 fully saturated rings. The van der Waals surface area contributed by atoms with Crippen molar-refractivity contribution in [2.45, 2.75) is 13.0 Å². The highest BCUT2D eigenvalue weighted by molar-refractivity contribution is 7.91. The van der Waals surface area contributed by atoms with E-state index in [0.717, 1.165) is 11.3 Å².